The number of ether oxygens (including phenoxy) is 1. The summed E-state index contributed by atoms with van der Waals surface area (Å²) in [5.74, 6) is -2.43. The maximum absolute atomic E-state index is 11.6. The van der Waals surface area contributed by atoms with Crippen molar-refractivity contribution in [1.29, 1.82) is 0 Å². The van der Waals surface area contributed by atoms with E-state index in [1.807, 2.05) is 4.90 Å². The monoisotopic (exact) mass is 269 g/mol. The minimum Gasteiger partial charge on any atom is -0.475 e. The Bertz CT molecular complexity index is 483. The van der Waals surface area contributed by atoms with Gasteiger partial charge in [0.25, 0.3) is 5.78 Å². The summed E-state index contributed by atoms with van der Waals surface area (Å²) in [7, 11) is 0. The summed E-state index contributed by atoms with van der Waals surface area (Å²) < 4.78 is 5.22. The van der Waals surface area contributed by atoms with Crippen molar-refractivity contribution in [2.75, 3.05) is 31.2 Å². The second-order valence-corrected chi connectivity index (χ2v) is 4.33. The SMILES string of the molecule is O=C(O)C(=O)c1cc(Cl)ccc1N1CCOCC1. The number of benzene rings is 1. The molecule has 1 heterocycles. The lowest BCUT2D eigenvalue weighted by Crippen LogP contribution is -2.37. The Kier molecular flexibility index (Phi) is 3.84. The highest BCUT2D eigenvalue weighted by Gasteiger charge is 2.23. The number of hydrogen-bond donors (Lipinski definition) is 1. The fourth-order valence-corrected chi connectivity index (χ4v) is 2.06. The van der Waals surface area contributed by atoms with Crippen LogP contribution in [-0.4, -0.2) is 43.2 Å². The zero-order valence-corrected chi connectivity index (χ0v) is 10.3. The van der Waals surface area contributed by atoms with Crippen LogP contribution in [-0.2, 0) is 9.53 Å². The fourth-order valence-electron chi connectivity index (χ4n) is 1.89. The summed E-state index contributed by atoms with van der Waals surface area (Å²) in [6.07, 6.45) is 0. The highest BCUT2D eigenvalue weighted by molar-refractivity contribution is 6.42. The minimum absolute atomic E-state index is 0.122. The van der Waals surface area contributed by atoms with Gasteiger partial charge in [-0.25, -0.2) is 4.79 Å². The number of carbonyl (C=O) groups is 2. The van der Waals surface area contributed by atoms with Crippen molar-refractivity contribution in [3.8, 4) is 0 Å². The number of carboxylic acid groups (broad SMARTS) is 1. The first-order valence-electron chi connectivity index (χ1n) is 5.49. The number of morpholine rings is 1. The van der Waals surface area contributed by atoms with E-state index in [4.69, 9.17) is 21.4 Å². The van der Waals surface area contributed by atoms with Gasteiger partial charge in [-0.3, -0.25) is 4.79 Å². The highest BCUT2D eigenvalue weighted by atomic mass is 35.5. The first-order valence-corrected chi connectivity index (χ1v) is 5.87. The van der Waals surface area contributed by atoms with Crippen LogP contribution in [0.15, 0.2) is 18.2 Å². The number of Topliss-reactive ketones (excluding diaryl/α,β-unsaturated/α-hetero) is 1. The van der Waals surface area contributed by atoms with E-state index >= 15 is 0 Å². The number of ketones is 1. The fraction of sp³-hybridized carbons (Fsp3) is 0.333. The van der Waals surface area contributed by atoms with Crippen LogP contribution in [0.3, 0.4) is 0 Å². The molecule has 1 aliphatic rings. The van der Waals surface area contributed by atoms with Gasteiger partial charge in [-0.15, -0.1) is 0 Å². The zero-order chi connectivity index (χ0) is 13.1. The number of anilines is 1. The molecule has 0 spiro atoms. The molecule has 6 heteroatoms. The van der Waals surface area contributed by atoms with Crippen LogP contribution in [0, 0.1) is 0 Å². The molecule has 0 unspecified atom stereocenters. The van der Waals surface area contributed by atoms with Crippen LogP contribution in [0.1, 0.15) is 10.4 Å². The average molecular weight is 270 g/mol. The Hall–Kier alpha value is -1.59. The summed E-state index contributed by atoms with van der Waals surface area (Å²) in [4.78, 5) is 24.4. The van der Waals surface area contributed by atoms with E-state index in [2.05, 4.69) is 0 Å². The molecule has 0 saturated carbocycles. The van der Waals surface area contributed by atoms with Gasteiger partial charge in [-0.1, -0.05) is 11.6 Å². The molecule has 1 fully saturated rings. The maximum atomic E-state index is 11.6. The zero-order valence-electron chi connectivity index (χ0n) is 9.56. The van der Waals surface area contributed by atoms with Gasteiger partial charge in [-0.2, -0.15) is 0 Å². The molecule has 0 aromatic heterocycles. The molecule has 5 nitrogen and oxygen atoms in total. The van der Waals surface area contributed by atoms with Crippen molar-refractivity contribution in [3.05, 3.63) is 28.8 Å². The van der Waals surface area contributed by atoms with Crippen LogP contribution >= 0.6 is 11.6 Å². The Morgan fingerprint density at radius 3 is 2.56 bits per heavy atom. The standard InChI is InChI=1S/C12H12ClNO4/c13-8-1-2-10(14-3-5-18-6-4-14)9(7-8)11(15)12(16)17/h1-2,7H,3-6H2,(H,16,17). The lowest BCUT2D eigenvalue weighted by atomic mass is 10.1. The Labute approximate surface area is 109 Å². The lowest BCUT2D eigenvalue weighted by molar-refractivity contribution is -0.131. The van der Waals surface area contributed by atoms with E-state index in [9.17, 15) is 9.59 Å². The van der Waals surface area contributed by atoms with Gasteiger partial charge in [0.15, 0.2) is 0 Å². The molecule has 1 aromatic rings. The number of aliphatic carboxylic acids is 1. The molecule has 0 radical (unpaired) electrons. The van der Waals surface area contributed by atoms with Gasteiger partial charge in [0.1, 0.15) is 0 Å². The first kappa shape index (κ1) is 12.9. The van der Waals surface area contributed by atoms with Gasteiger partial charge >= 0.3 is 5.97 Å². The third kappa shape index (κ3) is 2.63. The molecule has 0 amide bonds. The predicted octanol–water partition coefficient (Wildman–Crippen LogP) is 1.44. The van der Waals surface area contributed by atoms with Gasteiger partial charge < -0.3 is 14.7 Å². The maximum Gasteiger partial charge on any atom is 0.377 e. The molecule has 1 aliphatic heterocycles. The average Bonchev–Trinajstić information content (AvgIpc) is 2.38. The summed E-state index contributed by atoms with van der Waals surface area (Å²) in [6, 6.07) is 4.71. The quantitative estimate of drug-likeness (QED) is 0.664. The van der Waals surface area contributed by atoms with E-state index in [0.717, 1.165) is 0 Å². The van der Waals surface area contributed by atoms with Crippen LogP contribution in [0.2, 0.25) is 5.02 Å². The van der Waals surface area contributed by atoms with Gasteiger partial charge in [0.05, 0.1) is 18.8 Å². The van der Waals surface area contributed by atoms with Crippen LogP contribution in [0.25, 0.3) is 0 Å². The molecule has 1 saturated heterocycles. The van der Waals surface area contributed by atoms with Gasteiger partial charge in [0.2, 0.25) is 0 Å². The largest absolute Gasteiger partial charge is 0.475 e. The number of carboxylic acids is 1. The molecule has 0 atom stereocenters. The number of rotatable bonds is 3. The molecule has 18 heavy (non-hydrogen) atoms. The smallest absolute Gasteiger partial charge is 0.377 e. The molecule has 0 aliphatic carbocycles. The van der Waals surface area contributed by atoms with Crippen molar-refractivity contribution in [2.24, 2.45) is 0 Å². The predicted molar refractivity (Wildman–Crippen MR) is 66.5 cm³/mol. The molecule has 1 N–H and O–H groups in total. The third-order valence-electron chi connectivity index (χ3n) is 2.75. The van der Waals surface area contributed by atoms with Crippen molar-refractivity contribution in [1.82, 2.24) is 0 Å². The minimum atomic E-state index is -1.48. The summed E-state index contributed by atoms with van der Waals surface area (Å²) in [5.41, 5.74) is 0.715. The second-order valence-electron chi connectivity index (χ2n) is 3.90. The molecule has 96 valence electrons. The number of hydrogen-bond acceptors (Lipinski definition) is 4. The van der Waals surface area contributed by atoms with Crippen LogP contribution in [0.5, 0.6) is 0 Å². The molecule has 1 aromatic carbocycles. The Balaban J connectivity index is 2.39. The number of halogens is 1. The van der Waals surface area contributed by atoms with E-state index in [1.165, 1.54) is 6.07 Å². The summed E-state index contributed by atoms with van der Waals surface area (Å²) >= 11 is 5.82. The summed E-state index contributed by atoms with van der Waals surface area (Å²) in [6.45, 7) is 2.37. The molecular formula is C12H12ClNO4. The topological polar surface area (TPSA) is 66.8 Å². The van der Waals surface area contributed by atoms with Crippen LogP contribution < -0.4 is 4.90 Å². The highest BCUT2D eigenvalue weighted by Crippen LogP contribution is 2.25. The van der Waals surface area contributed by atoms with Crippen molar-refractivity contribution < 1.29 is 19.4 Å². The molecule has 0 bridgehead atoms. The van der Waals surface area contributed by atoms with Crippen molar-refractivity contribution in [2.45, 2.75) is 0 Å². The normalized spacial score (nSPS) is 15.5. The first-order chi connectivity index (χ1) is 8.59. The van der Waals surface area contributed by atoms with E-state index < -0.39 is 11.8 Å². The summed E-state index contributed by atoms with van der Waals surface area (Å²) in [5, 5.41) is 9.16. The number of carbonyl (C=O) groups excluding carboxylic acids is 1. The Morgan fingerprint density at radius 2 is 1.94 bits per heavy atom. The van der Waals surface area contributed by atoms with Crippen LogP contribution in [0.4, 0.5) is 5.69 Å². The number of nitrogens with zero attached hydrogens (tertiary/aromatic N) is 1. The van der Waals surface area contributed by atoms with Crippen molar-refractivity contribution >= 4 is 29.0 Å². The lowest BCUT2D eigenvalue weighted by Gasteiger charge is -2.30. The van der Waals surface area contributed by atoms with Gasteiger partial charge in [-0.05, 0) is 18.2 Å². The van der Waals surface area contributed by atoms with E-state index in [0.29, 0.717) is 37.0 Å². The van der Waals surface area contributed by atoms with E-state index in [-0.39, 0.29) is 5.56 Å². The van der Waals surface area contributed by atoms with E-state index in [1.54, 1.807) is 12.1 Å². The van der Waals surface area contributed by atoms with Gasteiger partial charge in [0, 0.05) is 23.8 Å². The second kappa shape index (κ2) is 5.37. The molecular weight excluding hydrogens is 258 g/mol. The third-order valence-corrected chi connectivity index (χ3v) is 2.98. The Morgan fingerprint density at radius 1 is 1.28 bits per heavy atom. The van der Waals surface area contributed by atoms with Crippen molar-refractivity contribution in [3.63, 3.8) is 0 Å². The molecule has 2 rings (SSSR count).